The maximum Gasteiger partial charge on any atom is 0.222 e. The van der Waals surface area contributed by atoms with Crippen LogP contribution in [0.1, 0.15) is 15.9 Å². The number of benzene rings is 1. The van der Waals surface area contributed by atoms with Gasteiger partial charge in [0.25, 0.3) is 0 Å². The first-order valence-electron chi connectivity index (χ1n) is 3.16. The molecule has 56 valence electrons. The topological polar surface area (TPSA) is 17.1 Å². The molecule has 11 heavy (non-hydrogen) atoms. The molecular weight excluding hydrogens is 251 g/mol. The van der Waals surface area contributed by atoms with Gasteiger partial charge in [0.05, 0.1) is 0 Å². The monoisotopic (exact) mass is 258 g/mol. The highest BCUT2D eigenvalue weighted by molar-refractivity contribution is 14.1. The largest absolute Gasteiger partial charge is 0.282 e. The summed E-state index contributed by atoms with van der Waals surface area (Å²) in [6.45, 7) is 3.62. The molecule has 0 amide bonds. The van der Waals surface area contributed by atoms with Crippen molar-refractivity contribution in [1.29, 1.82) is 0 Å². The fourth-order valence-electron chi connectivity index (χ4n) is 0.788. The van der Waals surface area contributed by atoms with Gasteiger partial charge in [-0.05, 0) is 11.6 Å². The fraction of sp³-hybridized carbons (Fsp3) is 0. The highest BCUT2D eigenvalue weighted by Crippen LogP contribution is 2.09. The van der Waals surface area contributed by atoms with Crippen LogP contribution in [-0.4, -0.2) is 3.79 Å². The third kappa shape index (κ3) is 2.15. The van der Waals surface area contributed by atoms with Gasteiger partial charge in [0.15, 0.2) is 0 Å². The second-order valence-electron chi connectivity index (χ2n) is 2.10. The summed E-state index contributed by atoms with van der Waals surface area (Å²) >= 11 is 1.77. The van der Waals surface area contributed by atoms with Crippen LogP contribution in [0.2, 0.25) is 0 Å². The van der Waals surface area contributed by atoms with Gasteiger partial charge in [-0.3, -0.25) is 4.79 Å². The van der Waals surface area contributed by atoms with Crippen molar-refractivity contribution in [2.75, 3.05) is 0 Å². The van der Waals surface area contributed by atoms with Crippen LogP contribution in [0, 0.1) is 0 Å². The highest BCUT2D eigenvalue weighted by Gasteiger charge is 1.98. The average Bonchev–Trinajstić information content (AvgIpc) is 2.05. The van der Waals surface area contributed by atoms with Gasteiger partial charge >= 0.3 is 0 Å². The Bertz CT molecular complexity index is 291. The zero-order valence-corrected chi connectivity index (χ0v) is 8.04. The van der Waals surface area contributed by atoms with E-state index in [-0.39, 0.29) is 3.79 Å². The molecule has 2 heteroatoms. The lowest BCUT2D eigenvalue weighted by molar-refractivity contribution is 0.110. The second kappa shape index (κ2) is 3.67. The Morgan fingerprint density at radius 1 is 1.55 bits per heavy atom. The van der Waals surface area contributed by atoms with E-state index in [0.717, 1.165) is 11.1 Å². The molecule has 1 aromatic carbocycles. The van der Waals surface area contributed by atoms with E-state index < -0.39 is 0 Å². The van der Waals surface area contributed by atoms with Crippen LogP contribution in [-0.2, 0) is 0 Å². The molecule has 0 aromatic heterocycles. The second-order valence-corrected chi connectivity index (χ2v) is 3.08. The molecule has 0 saturated heterocycles. The number of hydrogen-bond donors (Lipinski definition) is 0. The van der Waals surface area contributed by atoms with Crippen molar-refractivity contribution < 1.29 is 4.79 Å². The summed E-state index contributed by atoms with van der Waals surface area (Å²) in [5.41, 5.74) is 1.70. The van der Waals surface area contributed by atoms with Crippen molar-refractivity contribution in [3.63, 3.8) is 0 Å². The van der Waals surface area contributed by atoms with Gasteiger partial charge in [0, 0.05) is 28.2 Å². The normalized spacial score (nSPS) is 9.18. The van der Waals surface area contributed by atoms with E-state index >= 15 is 0 Å². The molecular formula is C9H7IO. The molecule has 0 N–H and O–H groups in total. The van der Waals surface area contributed by atoms with Crippen molar-refractivity contribution in [2.24, 2.45) is 0 Å². The minimum Gasteiger partial charge on any atom is -0.282 e. The molecule has 0 unspecified atom stereocenters. The first-order valence-corrected chi connectivity index (χ1v) is 4.24. The lowest BCUT2D eigenvalue weighted by Gasteiger charge is -1.94. The maximum absolute atomic E-state index is 10.9. The van der Waals surface area contributed by atoms with Gasteiger partial charge in [0.2, 0.25) is 3.79 Å². The lowest BCUT2D eigenvalue weighted by Crippen LogP contribution is -1.86. The molecule has 0 fully saturated rings. The highest BCUT2D eigenvalue weighted by atomic mass is 127. The minimum atomic E-state index is 0.0614. The van der Waals surface area contributed by atoms with E-state index in [1.54, 1.807) is 34.7 Å². The van der Waals surface area contributed by atoms with E-state index in [4.69, 9.17) is 0 Å². The van der Waals surface area contributed by atoms with Gasteiger partial charge < -0.3 is 0 Å². The predicted octanol–water partition coefficient (Wildman–Crippen LogP) is 2.90. The number of carbonyl (C=O) groups excluding carboxylic acids is 1. The maximum atomic E-state index is 10.9. The Hall–Kier alpha value is -0.640. The van der Waals surface area contributed by atoms with Crippen molar-refractivity contribution in [3.8, 4) is 0 Å². The Morgan fingerprint density at radius 3 is 2.82 bits per heavy atom. The third-order valence-electron chi connectivity index (χ3n) is 1.35. The molecule has 0 atom stereocenters. The number of carbonyl (C=O) groups is 1. The molecule has 1 rings (SSSR count). The van der Waals surface area contributed by atoms with Crippen molar-refractivity contribution in [3.05, 3.63) is 42.0 Å². The molecule has 1 nitrogen and oxygen atoms in total. The van der Waals surface area contributed by atoms with Gasteiger partial charge in [-0.2, -0.15) is 0 Å². The van der Waals surface area contributed by atoms with E-state index in [0.29, 0.717) is 0 Å². The molecule has 0 aliphatic carbocycles. The van der Waals surface area contributed by atoms with Crippen molar-refractivity contribution in [1.82, 2.24) is 0 Å². The SMILES string of the molecule is C=Cc1cccc(C(=O)I)c1. The van der Waals surface area contributed by atoms with E-state index in [9.17, 15) is 4.79 Å². The zero-order chi connectivity index (χ0) is 8.27. The first-order chi connectivity index (χ1) is 5.24. The summed E-state index contributed by atoms with van der Waals surface area (Å²) < 4.78 is 0.0614. The van der Waals surface area contributed by atoms with Crippen molar-refractivity contribution in [2.45, 2.75) is 0 Å². The molecule has 0 bridgehead atoms. The summed E-state index contributed by atoms with van der Waals surface area (Å²) in [6.07, 6.45) is 1.73. The van der Waals surface area contributed by atoms with Crippen LogP contribution in [0.25, 0.3) is 6.08 Å². The smallest absolute Gasteiger partial charge is 0.222 e. The van der Waals surface area contributed by atoms with Crippen molar-refractivity contribution >= 4 is 32.5 Å². The van der Waals surface area contributed by atoms with Gasteiger partial charge in [-0.1, -0.05) is 30.9 Å². The van der Waals surface area contributed by atoms with Gasteiger partial charge in [0.1, 0.15) is 0 Å². The molecule has 0 saturated carbocycles. The van der Waals surface area contributed by atoms with E-state index in [2.05, 4.69) is 6.58 Å². The van der Waals surface area contributed by atoms with Gasteiger partial charge in [-0.25, -0.2) is 0 Å². The Labute approximate surface area is 79.3 Å². The Balaban J connectivity index is 3.10. The summed E-state index contributed by atoms with van der Waals surface area (Å²) in [6, 6.07) is 7.38. The molecule has 0 spiro atoms. The summed E-state index contributed by atoms with van der Waals surface area (Å²) in [7, 11) is 0. The predicted molar refractivity (Wildman–Crippen MR) is 54.9 cm³/mol. The standard InChI is InChI=1S/C9H7IO/c1-2-7-4-3-5-8(6-7)9(10)11/h2-6H,1H2. The van der Waals surface area contributed by atoms with Crippen LogP contribution in [0.15, 0.2) is 30.8 Å². The number of rotatable bonds is 2. The molecule has 1 aromatic rings. The van der Waals surface area contributed by atoms with E-state index in [1.807, 2.05) is 18.2 Å². The quantitative estimate of drug-likeness (QED) is 0.588. The molecule has 0 aliphatic rings. The fourth-order valence-corrected chi connectivity index (χ4v) is 1.12. The van der Waals surface area contributed by atoms with Crippen LogP contribution in [0.4, 0.5) is 0 Å². The Kier molecular flexibility index (Phi) is 2.82. The van der Waals surface area contributed by atoms with E-state index in [1.165, 1.54) is 0 Å². The zero-order valence-electron chi connectivity index (χ0n) is 5.88. The summed E-state index contributed by atoms with van der Waals surface area (Å²) in [5, 5.41) is 0. The molecule has 0 radical (unpaired) electrons. The van der Waals surface area contributed by atoms with Crippen LogP contribution in [0.3, 0.4) is 0 Å². The van der Waals surface area contributed by atoms with Gasteiger partial charge in [-0.15, -0.1) is 0 Å². The molecule has 0 heterocycles. The first kappa shape index (κ1) is 8.46. The Morgan fingerprint density at radius 2 is 2.27 bits per heavy atom. The lowest BCUT2D eigenvalue weighted by atomic mass is 10.1. The number of halogens is 1. The number of hydrogen-bond acceptors (Lipinski definition) is 1. The third-order valence-corrected chi connectivity index (χ3v) is 1.97. The van der Waals surface area contributed by atoms with Crippen LogP contribution >= 0.6 is 22.6 Å². The average molecular weight is 258 g/mol. The van der Waals surface area contributed by atoms with Crippen LogP contribution < -0.4 is 0 Å². The molecule has 0 aliphatic heterocycles. The van der Waals surface area contributed by atoms with Crippen LogP contribution in [0.5, 0.6) is 0 Å². The minimum absolute atomic E-state index is 0.0614. The summed E-state index contributed by atoms with van der Waals surface area (Å²) in [4.78, 5) is 10.9. The summed E-state index contributed by atoms with van der Waals surface area (Å²) in [5.74, 6) is 0.